The molecule has 0 bridgehead atoms. The summed E-state index contributed by atoms with van der Waals surface area (Å²) in [7, 11) is 3.41. The molecule has 2 aromatic carbocycles. The number of ether oxygens (including phenoxy) is 2. The Bertz CT molecular complexity index is 615. The molecule has 0 atom stereocenters. The molecule has 2 aromatic rings. The predicted molar refractivity (Wildman–Crippen MR) is 85.6 cm³/mol. The van der Waals surface area contributed by atoms with Crippen molar-refractivity contribution >= 4 is 5.69 Å². The number of fused-ring (bicyclic) bond motifs is 1. The van der Waals surface area contributed by atoms with Crippen LogP contribution in [0.2, 0.25) is 0 Å². The lowest BCUT2D eigenvalue weighted by molar-refractivity contribution is 0.387. The Morgan fingerprint density at radius 3 is 2.52 bits per heavy atom. The first-order chi connectivity index (χ1) is 10.3. The fourth-order valence-electron chi connectivity index (χ4n) is 2.94. The highest BCUT2D eigenvalue weighted by Crippen LogP contribution is 2.32. The maximum Gasteiger partial charge on any atom is 0.126 e. The molecule has 0 unspecified atom stereocenters. The topological polar surface area (TPSA) is 30.5 Å². The summed E-state index contributed by atoms with van der Waals surface area (Å²) < 4.78 is 11.0. The van der Waals surface area contributed by atoms with Crippen LogP contribution < -0.4 is 14.8 Å². The third kappa shape index (κ3) is 2.82. The van der Waals surface area contributed by atoms with Crippen molar-refractivity contribution in [3.8, 4) is 11.5 Å². The van der Waals surface area contributed by atoms with Gasteiger partial charge in [-0.15, -0.1) is 0 Å². The first kappa shape index (κ1) is 13.8. The van der Waals surface area contributed by atoms with Gasteiger partial charge in [0.15, 0.2) is 0 Å². The second kappa shape index (κ2) is 6.08. The van der Waals surface area contributed by atoms with Gasteiger partial charge in [0.25, 0.3) is 0 Å². The maximum absolute atomic E-state index is 5.48. The van der Waals surface area contributed by atoms with Crippen LogP contribution in [0.25, 0.3) is 0 Å². The van der Waals surface area contributed by atoms with Crippen molar-refractivity contribution < 1.29 is 9.47 Å². The van der Waals surface area contributed by atoms with Crippen molar-refractivity contribution in [2.24, 2.45) is 0 Å². The van der Waals surface area contributed by atoms with E-state index in [-0.39, 0.29) is 0 Å². The molecule has 3 rings (SSSR count). The number of hydrogen-bond donors (Lipinski definition) is 1. The average molecular weight is 283 g/mol. The van der Waals surface area contributed by atoms with E-state index in [2.05, 4.69) is 23.5 Å². The molecule has 0 fully saturated rings. The monoisotopic (exact) mass is 283 g/mol. The molecular weight excluding hydrogens is 262 g/mol. The molecule has 0 aliphatic carbocycles. The number of anilines is 1. The van der Waals surface area contributed by atoms with E-state index in [1.807, 2.05) is 18.2 Å². The quantitative estimate of drug-likeness (QED) is 0.929. The number of aryl methyl sites for hydroxylation is 1. The molecule has 1 aliphatic heterocycles. The highest BCUT2D eigenvalue weighted by Gasteiger charge is 2.13. The number of benzene rings is 2. The Morgan fingerprint density at radius 2 is 1.81 bits per heavy atom. The van der Waals surface area contributed by atoms with E-state index in [0.717, 1.165) is 36.4 Å². The molecule has 110 valence electrons. The summed E-state index contributed by atoms with van der Waals surface area (Å²) >= 11 is 0. The van der Waals surface area contributed by atoms with Crippen LogP contribution in [0.3, 0.4) is 0 Å². The Kier molecular flexibility index (Phi) is 4.00. The van der Waals surface area contributed by atoms with Crippen molar-refractivity contribution in [3.63, 3.8) is 0 Å². The van der Waals surface area contributed by atoms with Gasteiger partial charge < -0.3 is 14.8 Å². The summed E-state index contributed by atoms with van der Waals surface area (Å²) in [6.45, 7) is 1.08. The average Bonchev–Trinajstić information content (AvgIpc) is 2.55. The van der Waals surface area contributed by atoms with Crippen LogP contribution in [-0.2, 0) is 12.8 Å². The van der Waals surface area contributed by atoms with E-state index in [0.29, 0.717) is 0 Å². The maximum atomic E-state index is 5.48. The van der Waals surface area contributed by atoms with Crippen molar-refractivity contribution in [3.05, 3.63) is 53.1 Å². The zero-order valence-electron chi connectivity index (χ0n) is 12.6. The summed E-state index contributed by atoms with van der Waals surface area (Å²) in [4.78, 5) is 0. The minimum Gasteiger partial charge on any atom is -0.496 e. The molecule has 3 heteroatoms. The molecule has 1 aliphatic rings. The fraction of sp³-hybridized carbons (Fsp3) is 0.333. The zero-order valence-corrected chi connectivity index (χ0v) is 12.6. The summed E-state index contributed by atoms with van der Waals surface area (Å²) in [6.07, 6.45) is 3.17. The molecule has 3 nitrogen and oxygen atoms in total. The normalized spacial score (nSPS) is 13.2. The van der Waals surface area contributed by atoms with E-state index >= 15 is 0 Å². The minimum atomic E-state index is 0.820. The highest BCUT2D eigenvalue weighted by atomic mass is 16.5. The van der Waals surface area contributed by atoms with Gasteiger partial charge in [-0.25, -0.2) is 0 Å². The second-order valence-electron chi connectivity index (χ2n) is 5.34. The molecule has 0 saturated heterocycles. The fourth-order valence-corrected chi connectivity index (χ4v) is 2.94. The number of methoxy groups -OCH3 is 2. The molecule has 0 amide bonds. The van der Waals surface area contributed by atoms with Crippen LogP contribution in [-0.4, -0.2) is 20.8 Å². The van der Waals surface area contributed by atoms with Gasteiger partial charge in [0.2, 0.25) is 0 Å². The lowest BCUT2D eigenvalue weighted by Gasteiger charge is -2.19. The predicted octanol–water partition coefficient (Wildman–Crippen LogP) is 3.65. The molecular formula is C18H21NO2. The van der Waals surface area contributed by atoms with Gasteiger partial charge in [-0.3, -0.25) is 0 Å². The van der Waals surface area contributed by atoms with Gasteiger partial charge in [0.1, 0.15) is 11.5 Å². The van der Waals surface area contributed by atoms with Gasteiger partial charge in [0.05, 0.1) is 14.2 Å². The Morgan fingerprint density at radius 1 is 1.05 bits per heavy atom. The SMILES string of the molecule is COc1cccc(OC)c1Cc1ccc2c(c1)CCCN2. The molecule has 0 saturated carbocycles. The molecule has 1 N–H and O–H groups in total. The third-order valence-electron chi connectivity index (χ3n) is 4.02. The zero-order chi connectivity index (χ0) is 14.7. The van der Waals surface area contributed by atoms with E-state index in [4.69, 9.17) is 9.47 Å². The largest absolute Gasteiger partial charge is 0.496 e. The van der Waals surface area contributed by atoms with Crippen molar-refractivity contribution in [2.75, 3.05) is 26.1 Å². The number of rotatable bonds is 4. The van der Waals surface area contributed by atoms with Crippen LogP contribution in [0.5, 0.6) is 11.5 Å². The highest BCUT2D eigenvalue weighted by molar-refractivity contribution is 5.56. The van der Waals surface area contributed by atoms with Crippen LogP contribution >= 0.6 is 0 Å². The van der Waals surface area contributed by atoms with Crippen LogP contribution in [0, 0.1) is 0 Å². The van der Waals surface area contributed by atoms with Crippen molar-refractivity contribution in [2.45, 2.75) is 19.3 Å². The molecule has 0 spiro atoms. The standard InChI is InChI=1S/C18H21NO2/c1-20-17-6-3-7-18(21-2)15(17)12-13-8-9-16-14(11-13)5-4-10-19-16/h3,6-9,11,19H,4-5,10,12H2,1-2H3. The lowest BCUT2D eigenvalue weighted by Crippen LogP contribution is -2.11. The third-order valence-corrected chi connectivity index (χ3v) is 4.02. The van der Waals surface area contributed by atoms with Gasteiger partial charge in [0, 0.05) is 24.2 Å². The van der Waals surface area contributed by atoms with Gasteiger partial charge in [-0.1, -0.05) is 18.2 Å². The summed E-state index contributed by atoms with van der Waals surface area (Å²) in [5.74, 6) is 1.76. The van der Waals surface area contributed by atoms with Gasteiger partial charge in [-0.2, -0.15) is 0 Å². The molecule has 21 heavy (non-hydrogen) atoms. The summed E-state index contributed by atoms with van der Waals surface area (Å²) in [6, 6.07) is 12.6. The molecule has 1 heterocycles. The first-order valence-electron chi connectivity index (χ1n) is 7.37. The van der Waals surface area contributed by atoms with E-state index in [1.54, 1.807) is 14.2 Å². The van der Waals surface area contributed by atoms with E-state index < -0.39 is 0 Å². The molecule has 0 aromatic heterocycles. The van der Waals surface area contributed by atoms with Gasteiger partial charge >= 0.3 is 0 Å². The van der Waals surface area contributed by atoms with Gasteiger partial charge in [-0.05, 0) is 42.2 Å². The van der Waals surface area contributed by atoms with Crippen LogP contribution in [0.1, 0.15) is 23.1 Å². The van der Waals surface area contributed by atoms with Crippen LogP contribution in [0.15, 0.2) is 36.4 Å². The second-order valence-corrected chi connectivity index (χ2v) is 5.34. The van der Waals surface area contributed by atoms with Crippen molar-refractivity contribution in [1.29, 1.82) is 0 Å². The minimum absolute atomic E-state index is 0.820. The van der Waals surface area contributed by atoms with E-state index in [1.165, 1.54) is 23.2 Å². The number of hydrogen-bond acceptors (Lipinski definition) is 3. The Labute approximate surface area is 125 Å². The smallest absolute Gasteiger partial charge is 0.126 e. The van der Waals surface area contributed by atoms with Crippen LogP contribution in [0.4, 0.5) is 5.69 Å². The molecule has 0 radical (unpaired) electrons. The van der Waals surface area contributed by atoms with Crippen molar-refractivity contribution in [1.82, 2.24) is 0 Å². The summed E-state index contributed by atoms with van der Waals surface area (Å²) in [5.41, 5.74) is 5.08. The lowest BCUT2D eigenvalue weighted by atomic mass is 9.97. The van der Waals surface area contributed by atoms with E-state index in [9.17, 15) is 0 Å². The Balaban J connectivity index is 1.93. The number of nitrogens with one attached hydrogen (secondary N) is 1. The Hall–Kier alpha value is -2.16. The summed E-state index contributed by atoms with van der Waals surface area (Å²) in [5, 5.41) is 3.45. The first-order valence-corrected chi connectivity index (χ1v) is 7.37.